The first-order valence-corrected chi connectivity index (χ1v) is 8.22. The number of rotatable bonds is 5. The molecule has 4 nitrogen and oxygen atoms in total. The van der Waals surface area contributed by atoms with Crippen LogP contribution >= 0.6 is 0 Å². The van der Waals surface area contributed by atoms with E-state index >= 15 is 0 Å². The van der Waals surface area contributed by atoms with Crippen LogP contribution in [-0.2, 0) is 22.3 Å². The van der Waals surface area contributed by atoms with Crippen molar-refractivity contribution in [3.8, 4) is 0 Å². The summed E-state index contributed by atoms with van der Waals surface area (Å²) in [5, 5.41) is 5.14. The van der Waals surface area contributed by atoms with Crippen molar-refractivity contribution in [3.63, 3.8) is 0 Å². The van der Waals surface area contributed by atoms with Gasteiger partial charge in [0.2, 0.25) is 11.8 Å². The third-order valence-electron chi connectivity index (χ3n) is 4.46. The number of amides is 2. The van der Waals surface area contributed by atoms with Gasteiger partial charge in [-0.2, -0.15) is 13.2 Å². The third-order valence-corrected chi connectivity index (χ3v) is 4.46. The summed E-state index contributed by atoms with van der Waals surface area (Å²) in [6.45, 7) is 0.147. The Kier molecular flexibility index (Phi) is 4.91. The highest BCUT2D eigenvalue weighted by molar-refractivity contribution is 6.13. The molecule has 27 heavy (non-hydrogen) atoms. The summed E-state index contributed by atoms with van der Waals surface area (Å²) >= 11 is 0. The van der Waals surface area contributed by atoms with Crippen LogP contribution in [0.4, 0.5) is 23.2 Å². The molecule has 0 saturated heterocycles. The second kappa shape index (κ2) is 7.02. The van der Waals surface area contributed by atoms with Gasteiger partial charge in [0.05, 0.1) is 5.56 Å². The van der Waals surface area contributed by atoms with E-state index in [2.05, 4.69) is 10.6 Å². The van der Waals surface area contributed by atoms with Gasteiger partial charge < -0.3 is 10.6 Å². The molecule has 1 aliphatic carbocycles. The molecule has 0 heterocycles. The second-order valence-electron chi connectivity index (χ2n) is 6.42. The number of benzene rings is 2. The molecule has 1 fully saturated rings. The molecule has 0 bridgehead atoms. The smallest absolute Gasteiger partial charge is 0.351 e. The van der Waals surface area contributed by atoms with E-state index < -0.39 is 29.0 Å². The van der Waals surface area contributed by atoms with Gasteiger partial charge in [0.15, 0.2) is 0 Å². The van der Waals surface area contributed by atoms with Crippen molar-refractivity contribution < 1.29 is 27.2 Å². The SMILES string of the molecule is O=C(NCc1ccc(F)cc1)C1(C(=O)Nc2ccc(C(F)(F)F)cc2)CC1. The first kappa shape index (κ1) is 18.9. The number of carbonyl (C=O) groups is 2. The Labute approximate surface area is 152 Å². The van der Waals surface area contributed by atoms with Gasteiger partial charge in [-0.25, -0.2) is 4.39 Å². The summed E-state index contributed by atoms with van der Waals surface area (Å²) in [5.74, 6) is -1.41. The van der Waals surface area contributed by atoms with E-state index in [1.165, 1.54) is 24.3 Å². The van der Waals surface area contributed by atoms with E-state index in [1.807, 2.05) is 0 Å². The summed E-state index contributed by atoms with van der Waals surface area (Å²) in [7, 11) is 0. The van der Waals surface area contributed by atoms with E-state index in [1.54, 1.807) is 0 Å². The molecule has 2 N–H and O–H groups in total. The highest BCUT2D eigenvalue weighted by Gasteiger charge is 2.56. The molecule has 1 saturated carbocycles. The van der Waals surface area contributed by atoms with Gasteiger partial charge in [-0.15, -0.1) is 0 Å². The third kappa shape index (κ3) is 4.27. The molecule has 0 spiro atoms. The fourth-order valence-corrected chi connectivity index (χ4v) is 2.63. The fraction of sp³-hybridized carbons (Fsp3) is 0.263. The molecule has 3 rings (SSSR count). The van der Waals surface area contributed by atoms with Crippen LogP contribution in [0.3, 0.4) is 0 Å². The average molecular weight is 380 g/mol. The molecule has 1 aliphatic rings. The van der Waals surface area contributed by atoms with Crippen LogP contribution < -0.4 is 10.6 Å². The minimum Gasteiger partial charge on any atom is -0.351 e. The van der Waals surface area contributed by atoms with Gasteiger partial charge in [0, 0.05) is 12.2 Å². The molecule has 0 unspecified atom stereocenters. The second-order valence-corrected chi connectivity index (χ2v) is 6.42. The molecular formula is C19H16F4N2O2. The quantitative estimate of drug-likeness (QED) is 0.611. The first-order valence-electron chi connectivity index (χ1n) is 8.22. The minimum atomic E-state index is -4.46. The van der Waals surface area contributed by atoms with Crippen LogP contribution in [0.1, 0.15) is 24.0 Å². The number of halogens is 4. The van der Waals surface area contributed by atoms with E-state index in [9.17, 15) is 27.2 Å². The molecule has 8 heteroatoms. The predicted molar refractivity (Wildman–Crippen MR) is 90.0 cm³/mol. The van der Waals surface area contributed by atoms with Crippen molar-refractivity contribution in [1.29, 1.82) is 0 Å². The number of hydrogen-bond donors (Lipinski definition) is 2. The maximum Gasteiger partial charge on any atom is 0.416 e. The lowest BCUT2D eigenvalue weighted by Crippen LogP contribution is -2.39. The highest BCUT2D eigenvalue weighted by Crippen LogP contribution is 2.47. The lowest BCUT2D eigenvalue weighted by atomic mass is 10.0. The monoisotopic (exact) mass is 380 g/mol. The number of nitrogens with one attached hydrogen (secondary N) is 2. The first-order chi connectivity index (χ1) is 12.7. The number of anilines is 1. The molecule has 0 radical (unpaired) electrons. The van der Waals surface area contributed by atoms with E-state index in [0.717, 1.165) is 24.3 Å². The molecule has 142 valence electrons. The maximum absolute atomic E-state index is 12.9. The average Bonchev–Trinajstić information content (AvgIpc) is 3.43. The highest BCUT2D eigenvalue weighted by atomic mass is 19.4. The van der Waals surface area contributed by atoms with Crippen molar-refractivity contribution in [2.45, 2.75) is 25.6 Å². The standard InChI is InChI=1S/C19H16F4N2O2/c20-14-5-1-12(2-6-14)11-24-16(26)18(9-10-18)17(27)25-15-7-3-13(4-8-15)19(21,22)23/h1-8H,9-11H2,(H,24,26)(H,25,27). The molecule has 0 atom stereocenters. The lowest BCUT2D eigenvalue weighted by molar-refractivity contribution is -0.137. The molecular weight excluding hydrogens is 364 g/mol. The maximum atomic E-state index is 12.9. The van der Waals surface area contributed by atoms with Crippen molar-refractivity contribution in [2.75, 3.05) is 5.32 Å². The Morgan fingerprint density at radius 3 is 2.04 bits per heavy atom. The van der Waals surface area contributed by atoms with Gasteiger partial charge in [0.25, 0.3) is 0 Å². The van der Waals surface area contributed by atoms with Gasteiger partial charge in [-0.05, 0) is 54.8 Å². The number of alkyl halides is 3. The Morgan fingerprint density at radius 2 is 1.52 bits per heavy atom. The summed E-state index contributed by atoms with van der Waals surface area (Å²) < 4.78 is 50.6. The van der Waals surface area contributed by atoms with E-state index in [4.69, 9.17) is 0 Å². The Morgan fingerprint density at radius 1 is 0.926 bits per heavy atom. The Hall–Kier alpha value is -2.90. The Bertz CT molecular complexity index is 842. The fourth-order valence-electron chi connectivity index (χ4n) is 2.63. The molecule has 0 aliphatic heterocycles. The topological polar surface area (TPSA) is 58.2 Å². The normalized spacial score (nSPS) is 15.1. The van der Waals surface area contributed by atoms with Crippen LogP contribution in [0.2, 0.25) is 0 Å². The zero-order chi connectivity index (χ0) is 19.7. The van der Waals surface area contributed by atoms with E-state index in [-0.39, 0.29) is 18.0 Å². The van der Waals surface area contributed by atoms with Crippen LogP contribution in [0.25, 0.3) is 0 Å². The zero-order valence-electron chi connectivity index (χ0n) is 14.1. The van der Waals surface area contributed by atoms with Crippen molar-refractivity contribution >= 4 is 17.5 Å². The number of hydrogen-bond acceptors (Lipinski definition) is 2. The van der Waals surface area contributed by atoms with Gasteiger partial charge >= 0.3 is 6.18 Å². The van der Waals surface area contributed by atoms with Gasteiger partial charge in [0.1, 0.15) is 11.2 Å². The van der Waals surface area contributed by atoms with Crippen LogP contribution in [0, 0.1) is 11.2 Å². The summed E-state index contributed by atoms with van der Waals surface area (Å²) in [6.07, 6.45) is -3.75. The molecule has 2 aromatic carbocycles. The van der Waals surface area contributed by atoms with E-state index in [0.29, 0.717) is 18.4 Å². The van der Waals surface area contributed by atoms with Crippen LogP contribution in [0.15, 0.2) is 48.5 Å². The largest absolute Gasteiger partial charge is 0.416 e. The molecule has 2 aromatic rings. The van der Waals surface area contributed by atoms with Crippen molar-refractivity contribution in [1.82, 2.24) is 5.32 Å². The summed E-state index contributed by atoms with van der Waals surface area (Å²) in [5.41, 5.74) is -1.17. The summed E-state index contributed by atoms with van der Waals surface area (Å²) in [6, 6.07) is 9.61. The minimum absolute atomic E-state index is 0.147. The number of carbonyl (C=O) groups excluding carboxylic acids is 2. The zero-order valence-corrected chi connectivity index (χ0v) is 14.1. The van der Waals surface area contributed by atoms with Gasteiger partial charge in [-0.1, -0.05) is 12.1 Å². The lowest BCUT2D eigenvalue weighted by Gasteiger charge is -2.16. The predicted octanol–water partition coefficient (Wildman–Crippen LogP) is 3.88. The molecule has 0 aromatic heterocycles. The van der Waals surface area contributed by atoms with Crippen LogP contribution in [0.5, 0.6) is 0 Å². The molecule has 2 amide bonds. The van der Waals surface area contributed by atoms with Gasteiger partial charge in [-0.3, -0.25) is 9.59 Å². The van der Waals surface area contributed by atoms with Crippen molar-refractivity contribution in [2.24, 2.45) is 5.41 Å². The van der Waals surface area contributed by atoms with Crippen molar-refractivity contribution in [3.05, 3.63) is 65.5 Å². The summed E-state index contributed by atoms with van der Waals surface area (Å²) in [4.78, 5) is 24.8. The Balaban J connectivity index is 1.60. The van der Waals surface area contributed by atoms with Crippen LogP contribution in [-0.4, -0.2) is 11.8 Å².